The van der Waals surface area contributed by atoms with E-state index in [1.54, 1.807) is 4.57 Å². The minimum absolute atomic E-state index is 0.172. The fraction of sp³-hybridized carbons (Fsp3) is 0.533. The predicted octanol–water partition coefficient (Wildman–Crippen LogP) is 0.488. The molecule has 0 bridgehead atoms. The Morgan fingerprint density at radius 2 is 2.17 bits per heavy atom. The van der Waals surface area contributed by atoms with Crippen molar-refractivity contribution in [2.45, 2.75) is 32.3 Å². The summed E-state index contributed by atoms with van der Waals surface area (Å²) < 4.78 is 7.57. The molecule has 0 aliphatic carbocycles. The van der Waals surface area contributed by atoms with Gasteiger partial charge in [-0.15, -0.1) is 0 Å². The van der Waals surface area contributed by atoms with Crippen LogP contribution in [0.25, 0.3) is 11.2 Å². The highest BCUT2D eigenvalue weighted by atomic mass is 16.5. The Morgan fingerprint density at radius 1 is 1.39 bits per heavy atom. The van der Waals surface area contributed by atoms with Crippen LogP contribution in [-0.2, 0) is 4.74 Å². The zero-order valence-electron chi connectivity index (χ0n) is 13.1. The fourth-order valence-electron chi connectivity index (χ4n) is 2.77. The summed E-state index contributed by atoms with van der Waals surface area (Å²) >= 11 is 0. The highest BCUT2D eigenvalue weighted by Gasteiger charge is 2.43. The third-order valence-electron chi connectivity index (χ3n) is 4.01. The minimum Gasteiger partial charge on any atom is -0.396 e. The van der Waals surface area contributed by atoms with E-state index >= 15 is 0 Å². The number of nitrogens with two attached hydrogens (primary N) is 1. The maximum absolute atomic E-state index is 10.5. The Morgan fingerprint density at radius 3 is 2.87 bits per heavy atom. The van der Waals surface area contributed by atoms with Crippen molar-refractivity contribution in [3.63, 3.8) is 0 Å². The number of aliphatic hydroxyl groups excluding tert-OH is 2. The zero-order valence-corrected chi connectivity index (χ0v) is 13.1. The Bertz CT molecular complexity index is 714. The molecule has 23 heavy (non-hydrogen) atoms. The second kappa shape index (κ2) is 6.23. The van der Waals surface area contributed by atoms with Crippen LogP contribution in [0.4, 0.5) is 5.82 Å². The quantitative estimate of drug-likeness (QED) is 0.701. The maximum atomic E-state index is 10.5. The van der Waals surface area contributed by atoms with Gasteiger partial charge in [0.1, 0.15) is 17.9 Å². The van der Waals surface area contributed by atoms with Gasteiger partial charge in [0, 0.05) is 5.92 Å². The van der Waals surface area contributed by atoms with E-state index in [2.05, 4.69) is 28.8 Å². The summed E-state index contributed by atoms with van der Waals surface area (Å²) in [5.74, 6) is 0.221. The van der Waals surface area contributed by atoms with Gasteiger partial charge in [0.2, 0.25) is 0 Å². The average molecular weight is 319 g/mol. The molecule has 0 amide bonds. The van der Waals surface area contributed by atoms with Crippen molar-refractivity contribution in [2.75, 3.05) is 12.3 Å². The molecule has 124 valence electrons. The highest BCUT2D eigenvalue weighted by molar-refractivity contribution is 5.81. The molecule has 0 saturated carbocycles. The highest BCUT2D eigenvalue weighted by Crippen LogP contribution is 2.36. The molecule has 0 spiro atoms. The third kappa shape index (κ3) is 2.80. The number of fused-ring (bicyclic) bond motifs is 1. The van der Waals surface area contributed by atoms with Crippen LogP contribution in [0.5, 0.6) is 0 Å². The van der Waals surface area contributed by atoms with Crippen molar-refractivity contribution < 1.29 is 14.9 Å². The minimum atomic E-state index is -0.879. The van der Waals surface area contributed by atoms with Gasteiger partial charge >= 0.3 is 0 Å². The zero-order chi connectivity index (χ0) is 16.6. The Balaban J connectivity index is 1.94. The third-order valence-corrected chi connectivity index (χ3v) is 4.01. The smallest absolute Gasteiger partial charge is 0.167 e. The summed E-state index contributed by atoms with van der Waals surface area (Å²) in [4.78, 5) is 12.3. The Kier molecular flexibility index (Phi) is 4.29. The molecule has 4 N–H and O–H groups in total. The number of aliphatic hydroxyl groups is 2. The first-order valence-electron chi connectivity index (χ1n) is 7.58. The van der Waals surface area contributed by atoms with E-state index in [0.717, 1.165) is 0 Å². The summed E-state index contributed by atoms with van der Waals surface area (Å²) in [6, 6.07) is 0. The lowest BCUT2D eigenvalue weighted by atomic mass is 9.98. The van der Waals surface area contributed by atoms with Crippen molar-refractivity contribution in [1.29, 1.82) is 0 Å². The molecule has 8 heteroatoms. The van der Waals surface area contributed by atoms with Crippen LogP contribution >= 0.6 is 0 Å². The van der Waals surface area contributed by atoms with E-state index in [1.165, 1.54) is 12.7 Å². The van der Waals surface area contributed by atoms with Gasteiger partial charge in [-0.05, 0) is 5.92 Å². The number of hydrogen-bond acceptors (Lipinski definition) is 7. The van der Waals surface area contributed by atoms with E-state index in [9.17, 15) is 10.2 Å². The second-order valence-corrected chi connectivity index (χ2v) is 6.04. The molecule has 3 rings (SSSR count). The lowest BCUT2D eigenvalue weighted by molar-refractivity contribution is -0.0235. The van der Waals surface area contributed by atoms with Gasteiger partial charge in [0.25, 0.3) is 0 Å². The van der Waals surface area contributed by atoms with Gasteiger partial charge in [0.05, 0.1) is 19.0 Å². The number of anilines is 1. The largest absolute Gasteiger partial charge is 0.396 e. The molecular formula is C15H21N5O3. The summed E-state index contributed by atoms with van der Waals surface area (Å²) in [6.45, 7) is 3.93. The van der Waals surface area contributed by atoms with Crippen molar-refractivity contribution in [3.8, 4) is 0 Å². The molecule has 8 nitrogen and oxygen atoms in total. The van der Waals surface area contributed by atoms with Crippen LogP contribution in [0.1, 0.15) is 20.1 Å². The van der Waals surface area contributed by atoms with Crippen molar-refractivity contribution in [3.05, 3.63) is 24.8 Å². The molecule has 4 atom stereocenters. The summed E-state index contributed by atoms with van der Waals surface area (Å²) in [5.41, 5.74) is 6.74. The molecule has 2 aromatic rings. The first-order chi connectivity index (χ1) is 11.0. The van der Waals surface area contributed by atoms with Crippen molar-refractivity contribution >= 4 is 17.0 Å². The number of rotatable bonds is 4. The number of allylic oxidation sites excluding steroid dienone is 1. The summed E-state index contributed by atoms with van der Waals surface area (Å²) in [6.07, 6.45) is 4.80. The number of nitrogen functional groups attached to an aromatic ring is 1. The monoisotopic (exact) mass is 319 g/mol. The molecular weight excluding hydrogens is 298 g/mol. The number of imidazole rings is 1. The summed E-state index contributed by atoms with van der Waals surface area (Å²) in [7, 11) is 0. The molecule has 0 radical (unpaired) electrons. The normalized spacial score (nSPS) is 28.4. The van der Waals surface area contributed by atoms with Gasteiger partial charge in [-0.3, -0.25) is 4.57 Å². The van der Waals surface area contributed by atoms with Gasteiger partial charge < -0.3 is 20.7 Å². The first-order valence-corrected chi connectivity index (χ1v) is 7.58. The molecule has 1 aliphatic rings. The van der Waals surface area contributed by atoms with Gasteiger partial charge in [-0.1, -0.05) is 26.0 Å². The van der Waals surface area contributed by atoms with E-state index in [4.69, 9.17) is 10.5 Å². The van der Waals surface area contributed by atoms with E-state index in [0.29, 0.717) is 17.1 Å². The fourth-order valence-corrected chi connectivity index (χ4v) is 2.77. The number of ether oxygens (including phenoxy) is 1. The number of nitrogens with zero attached hydrogens (tertiary/aromatic N) is 4. The van der Waals surface area contributed by atoms with Crippen LogP contribution < -0.4 is 5.73 Å². The molecule has 1 aliphatic heterocycles. The lowest BCUT2D eigenvalue weighted by Crippen LogP contribution is -2.28. The maximum Gasteiger partial charge on any atom is 0.167 e. The van der Waals surface area contributed by atoms with Crippen LogP contribution in [0, 0.1) is 11.8 Å². The number of hydrogen-bond donors (Lipinski definition) is 3. The molecule has 2 aromatic heterocycles. The topological polar surface area (TPSA) is 119 Å². The van der Waals surface area contributed by atoms with Crippen LogP contribution in [0.15, 0.2) is 24.8 Å². The van der Waals surface area contributed by atoms with Crippen molar-refractivity contribution in [1.82, 2.24) is 19.5 Å². The Hall–Kier alpha value is -2.03. The van der Waals surface area contributed by atoms with Gasteiger partial charge in [-0.25, -0.2) is 15.0 Å². The molecule has 0 unspecified atom stereocenters. The predicted molar refractivity (Wildman–Crippen MR) is 84.2 cm³/mol. The SMILES string of the molecule is CC(C)/C=C/[C@H]1O[C@@H](n2cnc3c(N)ncnc32)[C@H](O)[C@@H]1CO. The standard InChI is InChI=1S/C15H21N5O3/c1-8(2)3-4-10-9(5-21)12(22)15(23-10)20-7-19-11-13(16)17-6-18-14(11)20/h3-4,6-10,12,15,21-22H,5H2,1-2H3,(H2,16,17,18)/b4-3+/t9-,10-,12-,15-/m1/s1. The second-order valence-electron chi connectivity index (χ2n) is 6.04. The summed E-state index contributed by atoms with van der Waals surface area (Å²) in [5, 5.41) is 20.1. The first kappa shape index (κ1) is 15.9. The molecule has 0 aromatic carbocycles. The van der Waals surface area contributed by atoms with E-state index < -0.39 is 18.2 Å². The van der Waals surface area contributed by atoms with Gasteiger partial charge in [-0.2, -0.15) is 0 Å². The van der Waals surface area contributed by atoms with E-state index in [-0.39, 0.29) is 18.5 Å². The molecule has 3 heterocycles. The average Bonchev–Trinajstić information content (AvgIpc) is 3.07. The van der Waals surface area contributed by atoms with Crippen LogP contribution in [-0.4, -0.2) is 48.5 Å². The number of aromatic nitrogens is 4. The van der Waals surface area contributed by atoms with E-state index in [1.807, 2.05) is 12.2 Å². The van der Waals surface area contributed by atoms with Crippen molar-refractivity contribution in [2.24, 2.45) is 11.8 Å². The lowest BCUT2D eigenvalue weighted by Gasteiger charge is -2.17. The molecule has 1 saturated heterocycles. The van der Waals surface area contributed by atoms with Crippen LogP contribution in [0.3, 0.4) is 0 Å². The van der Waals surface area contributed by atoms with Crippen LogP contribution in [0.2, 0.25) is 0 Å². The Labute approximate surface area is 133 Å². The molecule has 1 fully saturated rings. The van der Waals surface area contributed by atoms with Gasteiger partial charge in [0.15, 0.2) is 17.7 Å².